The van der Waals surface area contributed by atoms with Crippen LogP contribution in [-0.4, -0.2) is 21.5 Å². The molecule has 0 aliphatic heterocycles. The van der Waals surface area contributed by atoms with Crippen molar-refractivity contribution >= 4 is 17.5 Å². The Bertz CT molecular complexity index is 543. The second kappa shape index (κ2) is 7.04. The van der Waals surface area contributed by atoms with E-state index in [2.05, 4.69) is 9.97 Å². The molecule has 0 unspecified atom stereocenters. The molecule has 2 rings (SSSR count). The highest BCUT2D eigenvalue weighted by Gasteiger charge is 2.05. The van der Waals surface area contributed by atoms with Gasteiger partial charge in [-0.2, -0.15) is 0 Å². The Morgan fingerprint density at radius 1 is 1.21 bits per heavy atom. The van der Waals surface area contributed by atoms with Crippen molar-refractivity contribution in [3.05, 3.63) is 53.9 Å². The number of benzene rings is 1. The average molecular weight is 272 g/mol. The smallest absolute Gasteiger partial charge is 0.187 e. The third-order valence-corrected chi connectivity index (χ3v) is 3.60. The van der Waals surface area contributed by atoms with Crippen LogP contribution < -0.4 is 0 Å². The average Bonchev–Trinajstić information content (AvgIpc) is 2.44. The third kappa shape index (κ3) is 4.48. The maximum Gasteiger partial charge on any atom is 0.187 e. The molecule has 0 spiro atoms. The van der Waals surface area contributed by atoms with E-state index in [1.807, 2.05) is 43.3 Å². The summed E-state index contributed by atoms with van der Waals surface area (Å²) in [5.41, 5.74) is 1.76. The summed E-state index contributed by atoms with van der Waals surface area (Å²) in [5.74, 6) is 1.06. The van der Waals surface area contributed by atoms with Crippen LogP contribution in [0.3, 0.4) is 0 Å². The lowest BCUT2D eigenvalue weighted by Crippen LogP contribution is -1.99. The van der Waals surface area contributed by atoms with Crippen LogP contribution in [0.1, 0.15) is 28.9 Å². The fourth-order valence-electron chi connectivity index (χ4n) is 1.66. The minimum atomic E-state index is 0.200. The standard InChI is InChI=1S/C15H16N2OS/c1-12-9-10-16-15(17-12)19-11-5-8-14(18)13-6-3-2-4-7-13/h2-4,6-7,9-10H,5,8,11H2,1H3. The molecule has 0 atom stereocenters. The van der Waals surface area contributed by atoms with Gasteiger partial charge in [0.05, 0.1) is 0 Å². The van der Waals surface area contributed by atoms with E-state index in [4.69, 9.17) is 0 Å². The zero-order valence-corrected chi connectivity index (χ0v) is 11.7. The molecule has 3 nitrogen and oxygen atoms in total. The predicted molar refractivity (Wildman–Crippen MR) is 77.5 cm³/mol. The first kappa shape index (κ1) is 13.7. The monoisotopic (exact) mass is 272 g/mol. The van der Waals surface area contributed by atoms with Crippen LogP contribution in [0.2, 0.25) is 0 Å². The highest BCUT2D eigenvalue weighted by Crippen LogP contribution is 2.15. The molecule has 0 aliphatic carbocycles. The number of aryl methyl sites for hydroxylation is 1. The second-order valence-corrected chi connectivity index (χ2v) is 5.28. The van der Waals surface area contributed by atoms with Crippen LogP contribution in [0.5, 0.6) is 0 Å². The van der Waals surface area contributed by atoms with E-state index in [-0.39, 0.29) is 5.78 Å². The van der Waals surface area contributed by atoms with Gasteiger partial charge >= 0.3 is 0 Å². The first-order valence-corrected chi connectivity index (χ1v) is 7.25. The van der Waals surface area contributed by atoms with E-state index in [0.29, 0.717) is 6.42 Å². The van der Waals surface area contributed by atoms with Gasteiger partial charge in [-0.25, -0.2) is 9.97 Å². The molecule has 0 fully saturated rings. The maximum atomic E-state index is 11.9. The topological polar surface area (TPSA) is 42.9 Å². The van der Waals surface area contributed by atoms with E-state index < -0.39 is 0 Å². The molecular weight excluding hydrogens is 256 g/mol. The van der Waals surface area contributed by atoms with E-state index in [1.165, 1.54) is 0 Å². The lowest BCUT2D eigenvalue weighted by atomic mass is 10.1. The first-order chi connectivity index (χ1) is 9.25. The minimum Gasteiger partial charge on any atom is -0.294 e. The van der Waals surface area contributed by atoms with E-state index in [0.717, 1.165) is 28.6 Å². The zero-order chi connectivity index (χ0) is 13.5. The molecule has 98 valence electrons. The number of carbonyl (C=O) groups is 1. The summed E-state index contributed by atoms with van der Waals surface area (Å²) in [6.45, 7) is 1.95. The van der Waals surface area contributed by atoms with E-state index >= 15 is 0 Å². The molecule has 2 aromatic rings. The number of hydrogen-bond donors (Lipinski definition) is 0. The molecule has 0 aliphatic rings. The third-order valence-electron chi connectivity index (χ3n) is 2.65. The molecule has 0 amide bonds. The molecule has 0 saturated heterocycles. The van der Waals surface area contributed by atoms with Crippen molar-refractivity contribution < 1.29 is 4.79 Å². The summed E-state index contributed by atoms with van der Waals surface area (Å²) in [5, 5.41) is 0.784. The molecule has 4 heteroatoms. The fourth-order valence-corrected chi connectivity index (χ4v) is 2.48. The quantitative estimate of drug-likeness (QED) is 0.349. The van der Waals surface area contributed by atoms with Crippen molar-refractivity contribution in [1.82, 2.24) is 9.97 Å². The van der Waals surface area contributed by atoms with Crippen molar-refractivity contribution in [2.24, 2.45) is 0 Å². The zero-order valence-electron chi connectivity index (χ0n) is 10.9. The van der Waals surface area contributed by atoms with Gasteiger partial charge in [-0.1, -0.05) is 42.1 Å². The Balaban J connectivity index is 1.74. The van der Waals surface area contributed by atoms with Crippen molar-refractivity contribution in [3.63, 3.8) is 0 Å². The number of nitrogens with zero attached hydrogens (tertiary/aromatic N) is 2. The molecule has 19 heavy (non-hydrogen) atoms. The van der Waals surface area contributed by atoms with Gasteiger partial charge in [0.2, 0.25) is 0 Å². The number of ketones is 1. The van der Waals surface area contributed by atoms with Crippen LogP contribution >= 0.6 is 11.8 Å². The molecular formula is C15H16N2OS. The van der Waals surface area contributed by atoms with E-state index in [9.17, 15) is 4.79 Å². The van der Waals surface area contributed by atoms with E-state index in [1.54, 1.807) is 18.0 Å². The van der Waals surface area contributed by atoms with Crippen LogP contribution in [-0.2, 0) is 0 Å². The Hall–Kier alpha value is -1.68. The first-order valence-electron chi connectivity index (χ1n) is 6.26. The molecule has 0 saturated carbocycles. The van der Waals surface area contributed by atoms with Gasteiger partial charge in [-0.05, 0) is 19.4 Å². The lowest BCUT2D eigenvalue weighted by Gasteiger charge is -2.01. The number of carbonyl (C=O) groups excluding carboxylic acids is 1. The Kier molecular flexibility index (Phi) is 5.10. The molecule has 0 radical (unpaired) electrons. The predicted octanol–water partition coefficient (Wildman–Crippen LogP) is 3.54. The molecule has 1 aromatic carbocycles. The number of Topliss-reactive ketones (excluding diaryl/α,β-unsaturated/α-hetero) is 1. The number of aromatic nitrogens is 2. The number of rotatable bonds is 6. The van der Waals surface area contributed by atoms with Gasteiger partial charge in [0.25, 0.3) is 0 Å². The highest BCUT2D eigenvalue weighted by molar-refractivity contribution is 7.99. The highest BCUT2D eigenvalue weighted by atomic mass is 32.2. The minimum absolute atomic E-state index is 0.200. The van der Waals surface area contributed by atoms with Gasteiger partial charge < -0.3 is 0 Å². The second-order valence-electron chi connectivity index (χ2n) is 4.22. The maximum absolute atomic E-state index is 11.9. The van der Waals surface area contributed by atoms with Crippen molar-refractivity contribution in [2.75, 3.05) is 5.75 Å². The summed E-state index contributed by atoms with van der Waals surface area (Å²) in [6, 6.07) is 11.3. The number of hydrogen-bond acceptors (Lipinski definition) is 4. The van der Waals surface area contributed by atoms with Crippen molar-refractivity contribution in [2.45, 2.75) is 24.9 Å². The fraction of sp³-hybridized carbons (Fsp3) is 0.267. The Morgan fingerprint density at radius 3 is 2.74 bits per heavy atom. The normalized spacial score (nSPS) is 10.4. The van der Waals surface area contributed by atoms with Gasteiger partial charge in [0.15, 0.2) is 10.9 Å². The summed E-state index contributed by atoms with van der Waals surface area (Å²) in [6.07, 6.45) is 3.18. The summed E-state index contributed by atoms with van der Waals surface area (Å²) in [7, 11) is 0. The Morgan fingerprint density at radius 2 is 2.00 bits per heavy atom. The SMILES string of the molecule is Cc1ccnc(SCCCC(=O)c2ccccc2)n1. The van der Waals surface area contributed by atoms with Gasteiger partial charge in [-0.15, -0.1) is 0 Å². The van der Waals surface area contributed by atoms with Crippen LogP contribution in [0.25, 0.3) is 0 Å². The molecule has 1 aromatic heterocycles. The van der Waals surface area contributed by atoms with Crippen LogP contribution in [0.15, 0.2) is 47.8 Å². The van der Waals surface area contributed by atoms with Crippen LogP contribution in [0.4, 0.5) is 0 Å². The van der Waals surface area contributed by atoms with Gasteiger partial charge in [-0.3, -0.25) is 4.79 Å². The van der Waals surface area contributed by atoms with Crippen molar-refractivity contribution in [3.8, 4) is 0 Å². The lowest BCUT2D eigenvalue weighted by molar-refractivity contribution is 0.0982. The largest absolute Gasteiger partial charge is 0.294 e. The number of thioether (sulfide) groups is 1. The van der Waals surface area contributed by atoms with Crippen LogP contribution in [0, 0.1) is 6.92 Å². The van der Waals surface area contributed by atoms with Gasteiger partial charge in [0.1, 0.15) is 0 Å². The summed E-state index contributed by atoms with van der Waals surface area (Å²) < 4.78 is 0. The Labute approximate surface area is 117 Å². The van der Waals surface area contributed by atoms with Crippen molar-refractivity contribution in [1.29, 1.82) is 0 Å². The van der Waals surface area contributed by atoms with Gasteiger partial charge in [0, 0.05) is 29.6 Å². The molecule has 1 heterocycles. The summed E-state index contributed by atoms with van der Waals surface area (Å²) in [4.78, 5) is 20.4. The molecule has 0 N–H and O–H groups in total. The summed E-state index contributed by atoms with van der Waals surface area (Å²) >= 11 is 1.60. The molecule has 0 bridgehead atoms.